The van der Waals surface area contributed by atoms with Crippen LogP contribution in [0.4, 0.5) is 27.9 Å². The van der Waals surface area contributed by atoms with Gasteiger partial charge < -0.3 is 29.6 Å². The van der Waals surface area contributed by atoms with E-state index < -0.39 is 6.03 Å². The summed E-state index contributed by atoms with van der Waals surface area (Å²) in [6, 6.07) is 24.4. The van der Waals surface area contributed by atoms with Gasteiger partial charge in [-0.3, -0.25) is 19.8 Å². The molecule has 9 rings (SSSR count). The molecule has 0 bridgehead atoms. The Balaban J connectivity index is 0.849. The largest absolute Gasteiger partial charge is 0.476 e. The summed E-state index contributed by atoms with van der Waals surface area (Å²) in [5, 5.41) is 21.5. The van der Waals surface area contributed by atoms with Crippen molar-refractivity contribution in [2.45, 2.75) is 32.7 Å². The Morgan fingerprint density at radius 2 is 1.60 bits per heavy atom. The number of hydrogen-bond acceptors (Lipinski definition) is 13. The van der Waals surface area contributed by atoms with Crippen molar-refractivity contribution in [2.24, 2.45) is 0 Å². The fraction of sp³-hybridized carbons (Fsp3) is 0.348. The number of rotatable bonds is 17. The second-order valence-corrected chi connectivity index (χ2v) is 15.5. The lowest BCUT2D eigenvalue weighted by atomic mass is 10.1. The molecule has 6 heterocycles. The van der Waals surface area contributed by atoms with Gasteiger partial charge in [-0.2, -0.15) is 15.2 Å². The van der Waals surface area contributed by atoms with E-state index in [0.29, 0.717) is 47.3 Å². The van der Waals surface area contributed by atoms with Gasteiger partial charge in [0.2, 0.25) is 17.7 Å². The number of ether oxygens (including phenoxy) is 4. The summed E-state index contributed by atoms with van der Waals surface area (Å²) in [5.74, 6) is 2.38. The smallest absolute Gasteiger partial charge is 0.324 e. The van der Waals surface area contributed by atoms with Crippen molar-refractivity contribution in [1.82, 2.24) is 44.3 Å². The topological polar surface area (TPSA) is 171 Å². The number of aromatic nitrogens is 7. The highest BCUT2D eigenvalue weighted by molar-refractivity contribution is 6.07. The number of pyridine rings is 1. The molecule has 2 aliphatic heterocycles. The first-order chi connectivity index (χ1) is 31.0. The van der Waals surface area contributed by atoms with E-state index in [9.17, 15) is 4.79 Å². The summed E-state index contributed by atoms with van der Waals surface area (Å²) in [7, 11) is 0. The van der Waals surface area contributed by atoms with Crippen LogP contribution in [0.5, 0.6) is 17.5 Å². The molecule has 0 aliphatic carbocycles. The maximum atomic E-state index is 13.7. The Bertz CT molecular complexity index is 2620. The molecule has 0 unspecified atom stereocenters. The number of unbranched alkanes of at least 4 members (excludes halogenated alkanes) is 1. The third-order valence-electron chi connectivity index (χ3n) is 11.1. The minimum absolute atomic E-state index is 0.363. The summed E-state index contributed by atoms with van der Waals surface area (Å²) in [4.78, 5) is 32.0. The number of hydrogen-bond donors (Lipinski definition) is 3. The molecule has 0 atom stereocenters. The first-order valence-corrected chi connectivity index (χ1v) is 21.7. The summed E-state index contributed by atoms with van der Waals surface area (Å²) in [6.45, 7) is 12.0. The number of nitrogens with one attached hydrogen (secondary N) is 3. The molecule has 2 amide bonds. The molecule has 7 aromatic rings. The van der Waals surface area contributed by atoms with Crippen molar-refractivity contribution in [3.05, 3.63) is 103 Å². The van der Waals surface area contributed by atoms with Crippen LogP contribution in [0.15, 0.2) is 97.5 Å². The highest BCUT2D eigenvalue weighted by Crippen LogP contribution is 2.34. The van der Waals surface area contributed by atoms with E-state index in [2.05, 4.69) is 58.8 Å². The number of nitrogens with zero attached hydrogens (tertiary/aromatic N) is 9. The lowest BCUT2D eigenvalue weighted by Gasteiger charge is -2.26. The van der Waals surface area contributed by atoms with Crippen LogP contribution in [-0.2, 0) is 22.4 Å². The van der Waals surface area contributed by atoms with Crippen molar-refractivity contribution in [3.63, 3.8) is 0 Å². The van der Waals surface area contributed by atoms with Gasteiger partial charge in [0, 0.05) is 85.5 Å². The minimum atomic E-state index is -0.418. The molecule has 3 aromatic carbocycles. The van der Waals surface area contributed by atoms with Gasteiger partial charge in [-0.05, 0) is 49.2 Å². The molecule has 0 saturated carbocycles. The third kappa shape index (κ3) is 10.5. The Labute approximate surface area is 365 Å². The second kappa shape index (κ2) is 20.0. The molecule has 17 nitrogen and oxygen atoms in total. The molecule has 4 aromatic heterocycles. The van der Waals surface area contributed by atoms with Crippen molar-refractivity contribution < 1.29 is 23.7 Å². The lowest BCUT2D eigenvalue weighted by Crippen LogP contribution is -2.38. The van der Waals surface area contributed by atoms with Gasteiger partial charge in [0.25, 0.3) is 0 Å². The quantitative estimate of drug-likeness (QED) is 0.0847. The number of benzene rings is 3. The third-order valence-corrected chi connectivity index (χ3v) is 11.1. The molecule has 17 heteroatoms. The van der Waals surface area contributed by atoms with Crippen LogP contribution in [0.3, 0.4) is 0 Å². The van der Waals surface area contributed by atoms with Gasteiger partial charge in [0.05, 0.1) is 68.0 Å². The monoisotopic (exact) mass is 852 g/mol. The number of anilines is 4. The minimum Gasteiger partial charge on any atom is -0.476 e. The molecule has 63 heavy (non-hydrogen) atoms. The van der Waals surface area contributed by atoms with Crippen LogP contribution in [-0.4, -0.2) is 123 Å². The Kier molecular flexibility index (Phi) is 13.2. The van der Waals surface area contributed by atoms with E-state index in [0.717, 1.165) is 125 Å². The summed E-state index contributed by atoms with van der Waals surface area (Å²) in [5.41, 5.74) is 4.08. The number of carbonyl (C=O) groups is 1. The fourth-order valence-corrected chi connectivity index (χ4v) is 7.73. The second-order valence-electron chi connectivity index (χ2n) is 15.5. The number of aryl methyl sites for hydroxylation is 1. The predicted molar refractivity (Wildman–Crippen MR) is 242 cm³/mol. The maximum Gasteiger partial charge on any atom is 0.324 e. The van der Waals surface area contributed by atoms with E-state index in [1.807, 2.05) is 77.6 Å². The summed E-state index contributed by atoms with van der Waals surface area (Å²) >= 11 is 0. The normalized spacial score (nSPS) is 14.8. The van der Waals surface area contributed by atoms with E-state index >= 15 is 0 Å². The van der Waals surface area contributed by atoms with Gasteiger partial charge >= 0.3 is 6.03 Å². The Morgan fingerprint density at radius 1 is 0.794 bits per heavy atom. The first-order valence-electron chi connectivity index (χ1n) is 21.7. The van der Waals surface area contributed by atoms with Crippen LogP contribution in [0, 0.1) is 0 Å². The van der Waals surface area contributed by atoms with Crippen LogP contribution >= 0.6 is 0 Å². The number of urea groups is 1. The standard InChI is InChI=1S/C46H52N12O5/c1-2-3-6-35-30-42(58(54-35)36-10-14-43(48-32-36)62-28-23-56-21-26-61-27-22-56)52-46(59)51-39-11-13-41(38-8-5-4-7-37(38)39)63-44-15-16-47-45(53-44)50-34-9-12-40-33(29-34)31-49-57(40)18-17-55-19-24-60-25-20-55/h4-5,7-16,29-32H,2-3,6,17-28H2,1H3,(H,47,50,53)(H2,51,52,59). The lowest BCUT2D eigenvalue weighted by molar-refractivity contribution is 0.0320. The number of carbonyl (C=O) groups excluding carboxylic acids is 1. The van der Waals surface area contributed by atoms with Gasteiger partial charge in [-0.25, -0.2) is 19.4 Å². The van der Waals surface area contributed by atoms with Crippen molar-refractivity contribution in [2.75, 3.05) is 88.3 Å². The zero-order valence-corrected chi connectivity index (χ0v) is 35.4. The zero-order valence-electron chi connectivity index (χ0n) is 35.4. The molecule has 0 radical (unpaired) electrons. The van der Waals surface area contributed by atoms with Crippen LogP contribution in [0.1, 0.15) is 25.5 Å². The van der Waals surface area contributed by atoms with E-state index in [1.165, 1.54) is 0 Å². The number of morpholine rings is 2. The van der Waals surface area contributed by atoms with Crippen molar-refractivity contribution in [1.29, 1.82) is 0 Å². The van der Waals surface area contributed by atoms with E-state index in [1.54, 1.807) is 23.1 Å². The van der Waals surface area contributed by atoms with Gasteiger partial charge in [0.1, 0.15) is 18.2 Å². The molecule has 326 valence electrons. The average Bonchev–Trinajstić information content (AvgIpc) is 3.92. The van der Waals surface area contributed by atoms with Crippen molar-refractivity contribution in [3.8, 4) is 23.2 Å². The van der Waals surface area contributed by atoms with Crippen LogP contribution < -0.4 is 25.4 Å². The predicted octanol–water partition coefficient (Wildman–Crippen LogP) is 7.13. The molecule has 2 aliphatic rings. The van der Waals surface area contributed by atoms with E-state index in [-0.39, 0.29) is 0 Å². The zero-order chi connectivity index (χ0) is 42.8. The number of amides is 2. The highest BCUT2D eigenvalue weighted by Gasteiger charge is 2.17. The molecule has 2 fully saturated rings. The maximum absolute atomic E-state index is 13.7. The van der Waals surface area contributed by atoms with Crippen molar-refractivity contribution >= 4 is 50.8 Å². The highest BCUT2D eigenvalue weighted by atomic mass is 16.5. The van der Waals surface area contributed by atoms with Crippen LogP contribution in [0.2, 0.25) is 0 Å². The fourth-order valence-electron chi connectivity index (χ4n) is 7.73. The molecule has 0 spiro atoms. The summed E-state index contributed by atoms with van der Waals surface area (Å²) < 4.78 is 26.9. The average molecular weight is 853 g/mol. The molecular weight excluding hydrogens is 801 g/mol. The SMILES string of the molecule is CCCCc1cc(NC(=O)Nc2ccc(Oc3ccnc(Nc4ccc5c(cnn5CCN5CCOCC5)c4)n3)c3ccccc23)n(-c2ccc(OCCN3CCOCC3)nc2)n1. The van der Waals surface area contributed by atoms with E-state index in [4.69, 9.17) is 24.0 Å². The van der Waals surface area contributed by atoms with Gasteiger partial charge in [0.15, 0.2) is 0 Å². The first kappa shape index (κ1) is 41.7. The molecule has 3 N–H and O–H groups in total. The number of fused-ring (bicyclic) bond motifs is 2. The van der Waals surface area contributed by atoms with Gasteiger partial charge in [-0.15, -0.1) is 0 Å². The summed E-state index contributed by atoms with van der Waals surface area (Å²) in [6.07, 6.45) is 8.03. The molecular formula is C46H52N12O5. The molecule has 2 saturated heterocycles. The van der Waals surface area contributed by atoms with Crippen LogP contribution in [0.25, 0.3) is 27.4 Å². The van der Waals surface area contributed by atoms with Gasteiger partial charge in [-0.1, -0.05) is 37.6 Å². The Hall–Kier alpha value is -6.66. The Morgan fingerprint density at radius 3 is 2.40 bits per heavy atom.